The van der Waals surface area contributed by atoms with Crippen molar-refractivity contribution in [3.63, 3.8) is 0 Å². The number of unbranched alkanes of at least 4 members (excludes halogenated alkanes) is 1. The summed E-state index contributed by atoms with van der Waals surface area (Å²) in [6.45, 7) is 5.09. The van der Waals surface area contributed by atoms with E-state index in [1.807, 2.05) is 25.2 Å². The molecule has 0 saturated carbocycles. The Morgan fingerprint density at radius 3 is 2.55 bits per heavy atom. The highest BCUT2D eigenvalue weighted by Gasteiger charge is 2.03. The quantitative estimate of drug-likeness (QED) is 0.314. The maximum Gasteiger partial charge on any atom is 0.303 e. The molecule has 0 aliphatic rings. The number of ether oxygens (including phenoxy) is 2. The fourth-order valence-electron chi connectivity index (χ4n) is 1.31. The van der Waals surface area contributed by atoms with Crippen molar-refractivity contribution >= 4 is 11.9 Å². The van der Waals surface area contributed by atoms with Crippen molar-refractivity contribution in [3.8, 4) is 23.7 Å². The molecule has 0 aromatic carbocycles. The third-order valence-corrected chi connectivity index (χ3v) is 2.29. The van der Waals surface area contributed by atoms with Crippen LogP contribution >= 0.6 is 0 Å². The minimum atomic E-state index is -0.395. The first-order chi connectivity index (χ1) is 10.6. The molecule has 0 aromatic heterocycles. The molecule has 4 nitrogen and oxygen atoms in total. The molecule has 1 atom stereocenters. The first-order valence-corrected chi connectivity index (χ1v) is 7.19. The molecule has 0 aliphatic carbocycles. The van der Waals surface area contributed by atoms with E-state index in [4.69, 9.17) is 9.47 Å². The number of carbonyl (C=O) groups is 2. The molecular formula is C18H22O4. The van der Waals surface area contributed by atoms with Gasteiger partial charge in [-0.15, -0.1) is 0 Å². The fourth-order valence-corrected chi connectivity index (χ4v) is 1.31. The molecule has 0 bridgehead atoms. The Kier molecular flexibility index (Phi) is 12.0. The van der Waals surface area contributed by atoms with E-state index in [0.717, 1.165) is 12.8 Å². The topological polar surface area (TPSA) is 52.6 Å². The Morgan fingerprint density at radius 1 is 1.14 bits per heavy atom. The van der Waals surface area contributed by atoms with Crippen LogP contribution in [0.4, 0.5) is 0 Å². The van der Waals surface area contributed by atoms with E-state index in [-0.39, 0.29) is 11.9 Å². The summed E-state index contributed by atoms with van der Waals surface area (Å²) in [5.74, 6) is 10.3. The summed E-state index contributed by atoms with van der Waals surface area (Å²) in [4.78, 5) is 21.3. The Morgan fingerprint density at radius 2 is 1.91 bits per heavy atom. The van der Waals surface area contributed by atoms with Gasteiger partial charge in [0.05, 0.1) is 6.61 Å². The molecule has 118 valence electrons. The monoisotopic (exact) mass is 302 g/mol. The van der Waals surface area contributed by atoms with Gasteiger partial charge < -0.3 is 9.47 Å². The number of rotatable bonds is 7. The van der Waals surface area contributed by atoms with Crippen LogP contribution in [0.5, 0.6) is 0 Å². The van der Waals surface area contributed by atoms with Gasteiger partial charge in [-0.1, -0.05) is 31.1 Å². The van der Waals surface area contributed by atoms with E-state index >= 15 is 0 Å². The van der Waals surface area contributed by atoms with E-state index in [9.17, 15) is 9.59 Å². The zero-order valence-corrected chi connectivity index (χ0v) is 13.3. The standard InChI is InChI=1S/C18H22O4/c1-4-18(22-17(3)20)14-12-10-8-6-5-7-9-11-13-15-21-16(2)19/h5-7,9,18H,4,11,13,15H2,1-3H3/b6-5+,9-7+/t18-/m0/s1. The van der Waals surface area contributed by atoms with Gasteiger partial charge in [0.15, 0.2) is 6.10 Å². The highest BCUT2D eigenvalue weighted by atomic mass is 16.5. The van der Waals surface area contributed by atoms with Crippen LogP contribution in [0.2, 0.25) is 0 Å². The van der Waals surface area contributed by atoms with Crippen molar-refractivity contribution in [2.45, 2.75) is 46.1 Å². The normalized spacial score (nSPS) is 11.2. The molecule has 0 saturated heterocycles. The number of allylic oxidation sites excluding steroid dienone is 4. The van der Waals surface area contributed by atoms with Crippen LogP contribution in [0, 0.1) is 23.7 Å². The third-order valence-electron chi connectivity index (χ3n) is 2.29. The highest BCUT2D eigenvalue weighted by molar-refractivity contribution is 5.66. The molecule has 22 heavy (non-hydrogen) atoms. The molecule has 0 fully saturated rings. The Labute approximate surface area is 132 Å². The van der Waals surface area contributed by atoms with Crippen LogP contribution in [0.1, 0.15) is 40.0 Å². The van der Waals surface area contributed by atoms with Crippen molar-refractivity contribution in [2.24, 2.45) is 0 Å². The molecule has 0 unspecified atom stereocenters. The molecule has 0 rings (SSSR count). The maximum atomic E-state index is 10.8. The summed E-state index contributed by atoms with van der Waals surface area (Å²) in [7, 11) is 0. The van der Waals surface area contributed by atoms with Gasteiger partial charge in [-0.05, 0) is 43.1 Å². The van der Waals surface area contributed by atoms with Gasteiger partial charge in [-0.25, -0.2) is 0 Å². The molecular weight excluding hydrogens is 280 g/mol. The molecule has 0 radical (unpaired) electrons. The van der Waals surface area contributed by atoms with Gasteiger partial charge in [0.1, 0.15) is 0 Å². The van der Waals surface area contributed by atoms with Crippen LogP contribution in [0.25, 0.3) is 0 Å². The van der Waals surface area contributed by atoms with Crippen LogP contribution in [0.15, 0.2) is 24.3 Å². The van der Waals surface area contributed by atoms with Gasteiger partial charge in [-0.2, -0.15) is 0 Å². The summed E-state index contributed by atoms with van der Waals surface area (Å²) in [5.41, 5.74) is 0. The first-order valence-electron chi connectivity index (χ1n) is 7.19. The predicted octanol–water partition coefficient (Wildman–Crippen LogP) is 2.79. The van der Waals surface area contributed by atoms with E-state index < -0.39 is 6.10 Å². The van der Waals surface area contributed by atoms with Gasteiger partial charge in [0, 0.05) is 13.8 Å². The van der Waals surface area contributed by atoms with E-state index in [1.54, 1.807) is 6.08 Å². The van der Waals surface area contributed by atoms with E-state index in [2.05, 4.69) is 23.7 Å². The minimum absolute atomic E-state index is 0.251. The lowest BCUT2D eigenvalue weighted by Crippen LogP contribution is -2.12. The van der Waals surface area contributed by atoms with Gasteiger partial charge >= 0.3 is 11.9 Å². The molecule has 0 heterocycles. The Hall–Kier alpha value is -2.46. The van der Waals surface area contributed by atoms with Crippen LogP contribution in [-0.2, 0) is 19.1 Å². The number of carbonyl (C=O) groups excluding carboxylic acids is 2. The van der Waals surface area contributed by atoms with E-state index in [0.29, 0.717) is 13.0 Å². The number of hydrogen-bond donors (Lipinski definition) is 0. The molecule has 0 aliphatic heterocycles. The summed E-state index contributed by atoms with van der Waals surface area (Å²) in [5, 5.41) is 0. The molecule has 0 spiro atoms. The van der Waals surface area contributed by atoms with Crippen LogP contribution < -0.4 is 0 Å². The zero-order valence-electron chi connectivity index (χ0n) is 13.3. The molecule has 4 heteroatoms. The first kappa shape index (κ1) is 19.5. The Bertz CT molecular complexity index is 521. The summed E-state index contributed by atoms with van der Waals surface area (Å²) in [6, 6.07) is 0. The average molecular weight is 302 g/mol. The molecule has 0 amide bonds. The highest BCUT2D eigenvalue weighted by Crippen LogP contribution is 1.96. The number of esters is 2. The zero-order chi connectivity index (χ0) is 16.6. The second kappa shape index (κ2) is 13.5. The second-order valence-electron chi connectivity index (χ2n) is 4.31. The minimum Gasteiger partial charge on any atom is -0.466 e. The average Bonchev–Trinajstić information content (AvgIpc) is 2.46. The fraction of sp³-hybridized carbons (Fsp3) is 0.444. The Balaban J connectivity index is 3.95. The lowest BCUT2D eigenvalue weighted by molar-refractivity contribution is -0.144. The summed E-state index contributed by atoms with van der Waals surface area (Å²) < 4.78 is 9.77. The molecule has 0 aromatic rings. The van der Waals surface area contributed by atoms with Gasteiger partial charge in [0.2, 0.25) is 0 Å². The third kappa shape index (κ3) is 14.0. The number of hydrogen-bond acceptors (Lipinski definition) is 4. The van der Waals surface area contributed by atoms with E-state index in [1.165, 1.54) is 13.8 Å². The van der Waals surface area contributed by atoms with Crippen molar-refractivity contribution in [1.82, 2.24) is 0 Å². The SMILES string of the molecule is CC[C@@H](C#CC#C/C=C/C=C/CCCOC(C)=O)OC(C)=O. The van der Waals surface area contributed by atoms with Crippen molar-refractivity contribution in [1.29, 1.82) is 0 Å². The van der Waals surface area contributed by atoms with Crippen molar-refractivity contribution in [2.75, 3.05) is 6.61 Å². The lowest BCUT2D eigenvalue weighted by Gasteiger charge is -2.06. The van der Waals surface area contributed by atoms with Crippen molar-refractivity contribution < 1.29 is 19.1 Å². The van der Waals surface area contributed by atoms with Gasteiger partial charge in [-0.3, -0.25) is 9.59 Å². The predicted molar refractivity (Wildman–Crippen MR) is 85.5 cm³/mol. The second-order valence-corrected chi connectivity index (χ2v) is 4.31. The van der Waals surface area contributed by atoms with Gasteiger partial charge in [0.25, 0.3) is 0 Å². The maximum absolute atomic E-state index is 10.8. The lowest BCUT2D eigenvalue weighted by atomic mass is 10.3. The van der Waals surface area contributed by atoms with Crippen LogP contribution in [0.3, 0.4) is 0 Å². The molecule has 0 N–H and O–H groups in total. The smallest absolute Gasteiger partial charge is 0.303 e. The summed E-state index contributed by atoms with van der Waals surface area (Å²) >= 11 is 0. The summed E-state index contributed by atoms with van der Waals surface area (Å²) in [6.07, 6.45) is 9.23. The van der Waals surface area contributed by atoms with Crippen LogP contribution in [-0.4, -0.2) is 24.6 Å². The largest absolute Gasteiger partial charge is 0.466 e. The van der Waals surface area contributed by atoms with Crippen molar-refractivity contribution in [3.05, 3.63) is 24.3 Å².